The van der Waals surface area contributed by atoms with Crippen LogP contribution in [0, 0.1) is 5.82 Å². The Balaban J connectivity index is 1.35. The van der Waals surface area contributed by atoms with E-state index in [0.29, 0.717) is 18.0 Å². The lowest BCUT2D eigenvalue weighted by molar-refractivity contribution is -0.136. The number of hydrogen-bond acceptors (Lipinski definition) is 8. The van der Waals surface area contributed by atoms with Gasteiger partial charge < -0.3 is 19.8 Å². The number of benzene rings is 3. The van der Waals surface area contributed by atoms with Crippen LogP contribution in [0.4, 0.5) is 10.1 Å². The van der Waals surface area contributed by atoms with E-state index in [2.05, 4.69) is 45.5 Å². The van der Waals surface area contributed by atoms with Crippen LogP contribution < -0.4 is 4.90 Å². The van der Waals surface area contributed by atoms with Gasteiger partial charge in [0.05, 0.1) is 16.3 Å². The summed E-state index contributed by atoms with van der Waals surface area (Å²) in [7, 11) is 4.15. The van der Waals surface area contributed by atoms with E-state index in [4.69, 9.17) is 11.6 Å². The number of nitrogens with zero attached hydrogens (tertiary/aromatic N) is 7. The molecule has 11 nitrogen and oxygen atoms in total. The minimum absolute atomic E-state index is 0.0134. The molecule has 3 heterocycles. The van der Waals surface area contributed by atoms with Gasteiger partial charge in [-0.25, -0.2) is 9.18 Å². The van der Waals surface area contributed by atoms with Gasteiger partial charge >= 0.3 is 5.97 Å². The molecule has 1 aromatic heterocycles. The monoisotopic (exact) mass is 657 g/mol. The maximum Gasteiger partial charge on any atom is 0.335 e. The molecule has 1 amide bonds. The number of Topliss-reactive ketones (excluding diaryl/α,β-unsaturated/α-hetero) is 1. The average molecular weight is 658 g/mol. The number of carbonyl (C=O) groups is 3. The highest BCUT2D eigenvalue weighted by Gasteiger charge is 2.37. The number of halogens is 2. The molecule has 0 spiro atoms. The van der Waals surface area contributed by atoms with Gasteiger partial charge in [-0.15, -0.1) is 5.10 Å². The normalized spacial score (nSPS) is 17.8. The van der Waals surface area contributed by atoms with Gasteiger partial charge in [0.15, 0.2) is 11.6 Å². The summed E-state index contributed by atoms with van der Waals surface area (Å²) in [6.07, 6.45) is 5.41. The number of rotatable bonds is 9. The van der Waals surface area contributed by atoms with E-state index in [-0.39, 0.29) is 40.6 Å². The topological polar surface area (TPSA) is 125 Å². The number of amides is 1. The second-order valence-corrected chi connectivity index (χ2v) is 12.3. The number of fused-ring (bicyclic) bond motifs is 1. The maximum atomic E-state index is 15.3. The second-order valence-electron chi connectivity index (χ2n) is 11.9. The quantitative estimate of drug-likeness (QED) is 0.263. The zero-order chi connectivity index (χ0) is 33.2. The Kier molecular flexibility index (Phi) is 9.15. The molecule has 47 heavy (non-hydrogen) atoms. The Bertz CT molecular complexity index is 1850. The molecule has 2 aliphatic rings. The molecule has 0 bridgehead atoms. The standard InChI is InChI=1S/C34H33ClFN7O4/c1-40(2)23-14-16-41(19-23)28-5-3-4-25-24(28)15-17-42(33(25)30(44)18-21-6-8-22(9-7-21)34(46)47)31(45)13-10-26-29(43-20-37-38-39-43)12-11-27(35)32(26)36/h3-13,20,23,33H,14-19H2,1-2H3,(H,46,47)/b13-10+/t23-,33-/m1/s1. The summed E-state index contributed by atoms with van der Waals surface area (Å²) in [6.45, 7) is 2.01. The summed E-state index contributed by atoms with van der Waals surface area (Å²) in [5.41, 5.74) is 3.89. The number of ketones is 1. The zero-order valence-corrected chi connectivity index (χ0v) is 26.6. The summed E-state index contributed by atoms with van der Waals surface area (Å²) in [5.74, 6) is -2.49. The van der Waals surface area contributed by atoms with Crippen LogP contribution in [0.3, 0.4) is 0 Å². The molecule has 2 atom stereocenters. The highest BCUT2D eigenvalue weighted by atomic mass is 35.5. The van der Waals surface area contributed by atoms with Gasteiger partial charge in [0.1, 0.15) is 12.4 Å². The predicted molar refractivity (Wildman–Crippen MR) is 174 cm³/mol. The molecule has 2 aliphatic heterocycles. The van der Waals surface area contributed by atoms with E-state index in [9.17, 15) is 19.5 Å². The molecule has 1 saturated heterocycles. The van der Waals surface area contributed by atoms with E-state index in [1.807, 2.05) is 12.1 Å². The van der Waals surface area contributed by atoms with E-state index in [1.54, 1.807) is 18.2 Å². The molecule has 0 saturated carbocycles. The molecule has 0 unspecified atom stereocenters. The average Bonchev–Trinajstić information content (AvgIpc) is 3.78. The Morgan fingerprint density at radius 1 is 1.06 bits per heavy atom. The van der Waals surface area contributed by atoms with Crippen LogP contribution in [-0.4, -0.2) is 92.5 Å². The fourth-order valence-corrected chi connectivity index (χ4v) is 6.58. The number of tetrazole rings is 1. The van der Waals surface area contributed by atoms with Crippen LogP contribution in [0.15, 0.2) is 67.0 Å². The molecule has 13 heteroatoms. The molecular formula is C34H33ClFN7O4. The molecule has 4 aromatic rings. The largest absolute Gasteiger partial charge is 0.478 e. The molecule has 0 aliphatic carbocycles. The molecule has 6 rings (SSSR count). The van der Waals surface area contributed by atoms with Crippen molar-refractivity contribution in [2.75, 3.05) is 38.6 Å². The van der Waals surface area contributed by atoms with Crippen molar-refractivity contribution in [3.63, 3.8) is 0 Å². The van der Waals surface area contributed by atoms with Crippen LogP contribution in [0.1, 0.15) is 45.1 Å². The van der Waals surface area contributed by atoms with Crippen LogP contribution in [0.25, 0.3) is 11.8 Å². The lowest BCUT2D eigenvalue weighted by Crippen LogP contribution is -2.44. The number of aromatic carboxylic acids is 1. The first-order chi connectivity index (χ1) is 22.6. The third-order valence-electron chi connectivity index (χ3n) is 8.90. The molecule has 242 valence electrons. The summed E-state index contributed by atoms with van der Waals surface area (Å²) < 4.78 is 16.5. The van der Waals surface area contributed by atoms with E-state index < -0.39 is 23.7 Å². The fraction of sp³-hybridized carbons (Fsp3) is 0.294. The van der Waals surface area contributed by atoms with Crippen molar-refractivity contribution in [2.45, 2.75) is 31.3 Å². The molecule has 3 aromatic carbocycles. The summed E-state index contributed by atoms with van der Waals surface area (Å²) in [4.78, 5) is 45.5. The van der Waals surface area contributed by atoms with Crippen molar-refractivity contribution in [3.05, 3.63) is 106 Å². The van der Waals surface area contributed by atoms with Crippen molar-refractivity contribution < 1.29 is 23.9 Å². The van der Waals surface area contributed by atoms with Gasteiger partial charge in [-0.1, -0.05) is 35.9 Å². The first kappa shape index (κ1) is 32.0. The highest BCUT2D eigenvalue weighted by molar-refractivity contribution is 6.31. The number of aromatic nitrogens is 4. The minimum atomic E-state index is -1.06. The zero-order valence-electron chi connectivity index (χ0n) is 25.9. The second kappa shape index (κ2) is 13.4. The Hall–Kier alpha value is -4.94. The third kappa shape index (κ3) is 6.51. The van der Waals surface area contributed by atoms with Gasteiger partial charge in [-0.2, -0.15) is 4.68 Å². The summed E-state index contributed by atoms with van der Waals surface area (Å²) >= 11 is 6.08. The lowest BCUT2D eigenvalue weighted by Gasteiger charge is -2.38. The molecule has 0 radical (unpaired) electrons. The van der Waals surface area contributed by atoms with Gasteiger partial charge in [-0.05, 0) is 90.5 Å². The Labute approximate surface area is 275 Å². The SMILES string of the molecule is CN(C)[C@@H]1CCN(c2cccc3c2CCN(C(=O)/C=C/c2c(-n4cnnn4)ccc(Cl)c2F)[C@H]3C(=O)Cc2ccc(C(=O)O)cc2)C1. The van der Waals surface area contributed by atoms with Crippen LogP contribution >= 0.6 is 11.6 Å². The van der Waals surface area contributed by atoms with Crippen molar-refractivity contribution >= 4 is 41.0 Å². The number of carboxylic acid groups (broad SMARTS) is 1. The van der Waals surface area contributed by atoms with Crippen molar-refractivity contribution in [1.82, 2.24) is 30.0 Å². The number of anilines is 1. The summed E-state index contributed by atoms with van der Waals surface area (Å²) in [5, 5.41) is 20.2. The highest BCUT2D eigenvalue weighted by Crippen LogP contribution is 2.38. The number of hydrogen-bond donors (Lipinski definition) is 1. The smallest absolute Gasteiger partial charge is 0.335 e. The molecule has 1 N–H and O–H groups in total. The lowest BCUT2D eigenvalue weighted by atomic mass is 9.86. The maximum absolute atomic E-state index is 15.3. The van der Waals surface area contributed by atoms with Gasteiger partial charge in [0.25, 0.3) is 0 Å². The first-order valence-electron chi connectivity index (χ1n) is 15.2. The van der Waals surface area contributed by atoms with Crippen LogP contribution in [0.5, 0.6) is 0 Å². The van der Waals surface area contributed by atoms with Crippen molar-refractivity contribution in [2.24, 2.45) is 0 Å². The van der Waals surface area contributed by atoms with Gasteiger partial charge in [0.2, 0.25) is 5.91 Å². The van der Waals surface area contributed by atoms with Gasteiger partial charge in [0, 0.05) is 49.4 Å². The molecule has 1 fully saturated rings. The predicted octanol–water partition coefficient (Wildman–Crippen LogP) is 4.24. The van der Waals surface area contributed by atoms with E-state index in [1.165, 1.54) is 46.3 Å². The number of carbonyl (C=O) groups excluding carboxylic acids is 2. The third-order valence-corrected chi connectivity index (χ3v) is 9.19. The molecular weight excluding hydrogens is 625 g/mol. The van der Waals surface area contributed by atoms with E-state index in [0.717, 1.165) is 36.3 Å². The van der Waals surface area contributed by atoms with Crippen molar-refractivity contribution in [1.29, 1.82) is 0 Å². The van der Waals surface area contributed by atoms with Crippen LogP contribution in [0.2, 0.25) is 5.02 Å². The summed E-state index contributed by atoms with van der Waals surface area (Å²) in [6, 6.07) is 14.5. The number of carboxylic acids is 1. The Morgan fingerprint density at radius 2 is 1.85 bits per heavy atom. The minimum Gasteiger partial charge on any atom is -0.478 e. The van der Waals surface area contributed by atoms with E-state index >= 15 is 4.39 Å². The Morgan fingerprint density at radius 3 is 2.53 bits per heavy atom. The van der Waals surface area contributed by atoms with Gasteiger partial charge in [-0.3, -0.25) is 9.59 Å². The fourth-order valence-electron chi connectivity index (χ4n) is 6.41. The van der Waals surface area contributed by atoms with Crippen molar-refractivity contribution in [3.8, 4) is 5.69 Å². The van der Waals surface area contributed by atoms with Crippen LogP contribution in [-0.2, 0) is 22.4 Å². The first-order valence-corrected chi connectivity index (χ1v) is 15.6. The number of likely N-dealkylation sites (N-methyl/N-ethyl adjacent to an activating group) is 1.